The maximum atomic E-state index is 13.1. The van der Waals surface area contributed by atoms with Crippen molar-refractivity contribution in [3.05, 3.63) is 41.5 Å². The van der Waals surface area contributed by atoms with E-state index < -0.39 is 17.4 Å². The summed E-state index contributed by atoms with van der Waals surface area (Å²) in [5.74, 6) is -0.746. The number of esters is 2. The predicted molar refractivity (Wildman–Crippen MR) is 135 cm³/mol. The van der Waals surface area contributed by atoms with Gasteiger partial charge in [-0.2, -0.15) is 0 Å². The van der Waals surface area contributed by atoms with E-state index in [1.807, 2.05) is 20.8 Å². The molecule has 0 aliphatic heterocycles. The molecule has 0 unspecified atom stereocenters. The van der Waals surface area contributed by atoms with Crippen LogP contribution in [0.15, 0.2) is 30.3 Å². The highest BCUT2D eigenvalue weighted by atomic mass is 16.6. The number of rotatable bonds is 9. The van der Waals surface area contributed by atoms with E-state index in [4.69, 9.17) is 23.7 Å². The van der Waals surface area contributed by atoms with E-state index in [2.05, 4.69) is 5.32 Å². The Kier molecular flexibility index (Phi) is 9.10. The van der Waals surface area contributed by atoms with Crippen molar-refractivity contribution in [2.24, 2.45) is 5.41 Å². The van der Waals surface area contributed by atoms with Crippen molar-refractivity contribution in [1.82, 2.24) is 5.32 Å². The molecular weight excluding hydrogens is 466 g/mol. The molecule has 0 bridgehead atoms. The zero-order valence-electron chi connectivity index (χ0n) is 22.4. The van der Waals surface area contributed by atoms with Gasteiger partial charge < -0.3 is 29.0 Å². The molecule has 0 heterocycles. The van der Waals surface area contributed by atoms with Crippen LogP contribution in [0.2, 0.25) is 0 Å². The van der Waals surface area contributed by atoms with Gasteiger partial charge in [-0.25, -0.2) is 4.79 Å². The smallest absolute Gasteiger partial charge is 0.343 e. The number of Topliss-reactive ketones (excluding diaryl/α,β-unsaturated/α-hetero) is 1. The molecule has 0 fully saturated rings. The number of carbonyl (C=O) groups excluding carboxylic acids is 3. The van der Waals surface area contributed by atoms with Crippen molar-refractivity contribution in [3.8, 4) is 28.7 Å². The number of hydrogen-bond donors (Lipinski definition) is 1. The summed E-state index contributed by atoms with van der Waals surface area (Å²) in [5, 5.41) is 3.13. The van der Waals surface area contributed by atoms with Crippen LogP contribution in [0.3, 0.4) is 0 Å². The summed E-state index contributed by atoms with van der Waals surface area (Å²) in [4.78, 5) is 38.4. The number of hydrogen-bond acceptors (Lipinski definition) is 9. The van der Waals surface area contributed by atoms with Gasteiger partial charge in [-0.3, -0.25) is 9.59 Å². The standard InChI is InChI=1S/C27H35NO8/c1-26(2,3)25(31)36-19-11-10-16(18(29)15-28-27(4,5)6)12-20(19)35-24(30)17-13-21(32-7)23(34-9)22(14-17)33-8/h10-14,28H,15H2,1-9H3. The third-order valence-corrected chi connectivity index (χ3v) is 4.96. The van der Waals surface area contributed by atoms with Crippen LogP contribution in [0, 0.1) is 5.41 Å². The topological polar surface area (TPSA) is 109 Å². The van der Waals surface area contributed by atoms with Gasteiger partial charge in [0.15, 0.2) is 28.8 Å². The first-order valence-corrected chi connectivity index (χ1v) is 11.4. The summed E-state index contributed by atoms with van der Waals surface area (Å²) in [6.07, 6.45) is 0. The molecule has 0 radical (unpaired) electrons. The lowest BCUT2D eigenvalue weighted by atomic mass is 9.97. The van der Waals surface area contributed by atoms with Crippen LogP contribution in [-0.2, 0) is 4.79 Å². The van der Waals surface area contributed by atoms with Crippen LogP contribution >= 0.6 is 0 Å². The Hall–Kier alpha value is -3.59. The van der Waals surface area contributed by atoms with E-state index in [1.165, 1.54) is 51.7 Å². The maximum Gasteiger partial charge on any atom is 0.343 e. The second-order valence-electron chi connectivity index (χ2n) is 10.1. The molecule has 0 aliphatic carbocycles. The highest BCUT2D eigenvalue weighted by molar-refractivity contribution is 5.99. The average molecular weight is 502 g/mol. The van der Waals surface area contributed by atoms with Gasteiger partial charge in [0.2, 0.25) is 5.75 Å². The van der Waals surface area contributed by atoms with Crippen molar-refractivity contribution >= 4 is 17.7 Å². The molecule has 36 heavy (non-hydrogen) atoms. The Morgan fingerprint density at radius 3 is 1.75 bits per heavy atom. The molecule has 2 aromatic carbocycles. The Labute approximate surface area is 212 Å². The molecule has 0 atom stereocenters. The minimum absolute atomic E-state index is 0.0102. The number of carbonyl (C=O) groups is 3. The Morgan fingerprint density at radius 1 is 0.722 bits per heavy atom. The molecular formula is C27H35NO8. The molecule has 0 saturated heterocycles. The highest BCUT2D eigenvalue weighted by Gasteiger charge is 2.27. The normalized spacial score (nSPS) is 11.5. The summed E-state index contributed by atoms with van der Waals surface area (Å²) in [6.45, 7) is 11.0. The fourth-order valence-electron chi connectivity index (χ4n) is 2.90. The van der Waals surface area contributed by atoms with Crippen LogP contribution < -0.4 is 29.0 Å². The monoisotopic (exact) mass is 501 g/mol. The number of ketones is 1. The zero-order chi connectivity index (χ0) is 27.3. The number of benzene rings is 2. The van der Waals surface area contributed by atoms with Crippen LogP contribution in [0.5, 0.6) is 28.7 Å². The molecule has 0 saturated carbocycles. The molecule has 0 amide bonds. The molecule has 2 rings (SSSR count). The van der Waals surface area contributed by atoms with Gasteiger partial charge >= 0.3 is 11.9 Å². The minimum atomic E-state index is -0.802. The second-order valence-corrected chi connectivity index (χ2v) is 10.1. The van der Waals surface area contributed by atoms with E-state index in [0.717, 1.165) is 0 Å². The van der Waals surface area contributed by atoms with Crippen molar-refractivity contribution in [2.75, 3.05) is 27.9 Å². The predicted octanol–water partition coefficient (Wildman–Crippen LogP) is 4.45. The lowest BCUT2D eigenvalue weighted by Crippen LogP contribution is -2.39. The van der Waals surface area contributed by atoms with Crippen LogP contribution in [0.25, 0.3) is 0 Å². The zero-order valence-corrected chi connectivity index (χ0v) is 22.4. The first-order chi connectivity index (χ1) is 16.7. The third kappa shape index (κ3) is 7.45. The fourth-order valence-corrected chi connectivity index (χ4v) is 2.90. The van der Waals surface area contributed by atoms with Gasteiger partial charge in [0, 0.05) is 11.1 Å². The van der Waals surface area contributed by atoms with Crippen LogP contribution in [0.4, 0.5) is 0 Å². The quantitative estimate of drug-likeness (QED) is 0.303. The van der Waals surface area contributed by atoms with E-state index in [0.29, 0.717) is 5.75 Å². The molecule has 9 nitrogen and oxygen atoms in total. The van der Waals surface area contributed by atoms with Crippen molar-refractivity contribution in [3.63, 3.8) is 0 Å². The van der Waals surface area contributed by atoms with Gasteiger partial charge in [-0.15, -0.1) is 0 Å². The van der Waals surface area contributed by atoms with Crippen molar-refractivity contribution < 1.29 is 38.1 Å². The van der Waals surface area contributed by atoms with E-state index in [1.54, 1.807) is 20.8 Å². The van der Waals surface area contributed by atoms with Gasteiger partial charge in [0.1, 0.15) is 0 Å². The summed E-state index contributed by atoms with van der Waals surface area (Å²) in [6, 6.07) is 7.22. The highest BCUT2D eigenvalue weighted by Crippen LogP contribution is 2.39. The van der Waals surface area contributed by atoms with Gasteiger partial charge in [-0.05, 0) is 71.9 Å². The van der Waals surface area contributed by atoms with Crippen molar-refractivity contribution in [1.29, 1.82) is 0 Å². The molecule has 0 spiro atoms. The Morgan fingerprint density at radius 2 is 1.28 bits per heavy atom. The first-order valence-electron chi connectivity index (χ1n) is 11.4. The number of ether oxygens (including phenoxy) is 5. The van der Waals surface area contributed by atoms with Gasteiger partial charge in [-0.1, -0.05) is 0 Å². The molecule has 196 valence electrons. The minimum Gasteiger partial charge on any atom is -0.493 e. The van der Waals surface area contributed by atoms with Crippen LogP contribution in [-0.4, -0.2) is 51.1 Å². The summed E-state index contributed by atoms with van der Waals surface area (Å²) in [7, 11) is 4.31. The Bertz CT molecular complexity index is 1100. The fraction of sp³-hybridized carbons (Fsp3) is 0.444. The lowest BCUT2D eigenvalue weighted by Gasteiger charge is -2.20. The molecule has 2 aromatic rings. The van der Waals surface area contributed by atoms with E-state index in [9.17, 15) is 14.4 Å². The maximum absolute atomic E-state index is 13.1. The van der Waals surface area contributed by atoms with E-state index in [-0.39, 0.29) is 52.0 Å². The Balaban J connectivity index is 2.47. The number of nitrogens with one attached hydrogen (secondary N) is 1. The van der Waals surface area contributed by atoms with E-state index >= 15 is 0 Å². The summed E-state index contributed by atoms with van der Waals surface area (Å²) in [5.41, 5.74) is -0.679. The number of methoxy groups -OCH3 is 3. The van der Waals surface area contributed by atoms with Crippen molar-refractivity contribution in [2.45, 2.75) is 47.1 Å². The summed E-state index contributed by atoms with van der Waals surface area (Å²) >= 11 is 0. The van der Waals surface area contributed by atoms with Crippen LogP contribution in [0.1, 0.15) is 62.3 Å². The molecule has 9 heteroatoms. The van der Waals surface area contributed by atoms with Gasteiger partial charge in [0.25, 0.3) is 0 Å². The second kappa shape index (κ2) is 11.4. The molecule has 0 aromatic heterocycles. The van der Waals surface area contributed by atoms with Gasteiger partial charge in [0.05, 0.1) is 38.9 Å². The lowest BCUT2D eigenvalue weighted by molar-refractivity contribution is -0.143. The third-order valence-electron chi connectivity index (χ3n) is 4.96. The molecule has 1 N–H and O–H groups in total. The SMILES string of the molecule is COc1cc(C(=O)Oc2cc(C(=O)CNC(C)(C)C)ccc2OC(=O)C(C)(C)C)cc(OC)c1OC. The summed E-state index contributed by atoms with van der Waals surface area (Å²) < 4.78 is 27.0. The first kappa shape index (κ1) is 28.6. The molecule has 0 aliphatic rings. The average Bonchev–Trinajstić information content (AvgIpc) is 2.81. The largest absolute Gasteiger partial charge is 0.493 e.